The Morgan fingerprint density at radius 1 is 1.33 bits per heavy atom. The van der Waals surface area contributed by atoms with Gasteiger partial charge in [0.15, 0.2) is 5.60 Å². The molecule has 140 valence electrons. The lowest BCUT2D eigenvalue weighted by Gasteiger charge is -2.32. The number of carboxylic acids is 1. The van der Waals surface area contributed by atoms with E-state index in [0.29, 0.717) is 0 Å². The Balaban J connectivity index is 5.25. The fraction of sp³-hybridized carbons (Fsp3) is 0.643. The minimum absolute atomic E-state index is 0.298. The van der Waals surface area contributed by atoms with E-state index in [1.807, 2.05) is 0 Å². The number of allylic oxidation sites excluding steroid dienone is 2. The van der Waals surface area contributed by atoms with Gasteiger partial charge < -0.3 is 15.9 Å². The Kier molecular flexibility index (Phi) is 8.13. The highest BCUT2D eigenvalue weighted by molar-refractivity contribution is 7.92. The van der Waals surface area contributed by atoms with Gasteiger partial charge in [0, 0.05) is 27.7 Å². The lowest BCUT2D eigenvalue weighted by molar-refractivity contribution is -0.243. The highest BCUT2D eigenvalue weighted by atomic mass is 32.2. The highest BCUT2D eigenvalue weighted by Gasteiger charge is 2.55. The molecule has 0 saturated carbocycles. The number of halogens is 3. The maximum absolute atomic E-state index is 13.3. The van der Waals surface area contributed by atoms with Gasteiger partial charge >= 0.3 is 12.1 Å². The molecule has 0 aliphatic heterocycles. The van der Waals surface area contributed by atoms with E-state index in [9.17, 15) is 27.3 Å². The molecule has 0 spiro atoms. The second-order valence-electron chi connectivity index (χ2n) is 5.31. The van der Waals surface area contributed by atoms with E-state index in [1.54, 1.807) is 0 Å². The monoisotopic (exact) mass is 372 g/mol. The normalized spacial score (nSPS) is 19.7. The van der Waals surface area contributed by atoms with Gasteiger partial charge in [-0.1, -0.05) is 18.2 Å². The van der Waals surface area contributed by atoms with Crippen molar-refractivity contribution in [3.05, 3.63) is 23.8 Å². The highest BCUT2D eigenvalue weighted by Crippen LogP contribution is 2.39. The number of hydrogen-bond donors (Lipinski definition) is 4. The quantitative estimate of drug-likeness (QED) is 0.461. The van der Waals surface area contributed by atoms with E-state index in [-0.39, 0.29) is 6.42 Å². The van der Waals surface area contributed by atoms with Crippen molar-refractivity contribution in [3.8, 4) is 0 Å². The zero-order valence-corrected chi connectivity index (χ0v) is 14.3. The lowest BCUT2D eigenvalue weighted by Crippen LogP contribution is -2.48. The van der Waals surface area contributed by atoms with Crippen LogP contribution in [0.1, 0.15) is 26.7 Å². The molecule has 0 saturated heterocycles. The van der Waals surface area contributed by atoms with Crippen LogP contribution in [-0.4, -0.2) is 49.7 Å². The summed E-state index contributed by atoms with van der Waals surface area (Å²) < 4.78 is 59.5. The van der Waals surface area contributed by atoms with Gasteiger partial charge in [-0.15, -0.1) is 0 Å². The fourth-order valence-electron chi connectivity index (χ4n) is 1.96. The van der Waals surface area contributed by atoms with Crippen LogP contribution in [0.4, 0.5) is 13.2 Å². The third kappa shape index (κ3) is 6.25. The number of rotatable bonds is 9. The summed E-state index contributed by atoms with van der Waals surface area (Å²) in [6, 6.07) is -1.34. The van der Waals surface area contributed by atoms with Crippen molar-refractivity contribution in [3.63, 3.8) is 0 Å². The van der Waals surface area contributed by atoms with Gasteiger partial charge in [-0.25, -0.2) is 4.21 Å². The molecule has 3 atom stereocenters. The number of nitrogens with one attached hydrogen (secondary N) is 1. The zero-order valence-electron chi connectivity index (χ0n) is 13.5. The van der Waals surface area contributed by atoms with Crippen molar-refractivity contribution in [2.45, 2.75) is 44.5 Å². The smallest absolute Gasteiger partial charge is 0.421 e. The first-order chi connectivity index (χ1) is 10.8. The largest absolute Gasteiger partial charge is 0.480 e. The minimum atomic E-state index is -5.01. The molecule has 0 radical (unpaired) electrons. The van der Waals surface area contributed by atoms with Gasteiger partial charge in [-0.05, 0) is 25.8 Å². The van der Waals surface area contributed by atoms with Crippen LogP contribution < -0.4 is 5.73 Å². The average molecular weight is 372 g/mol. The Labute approximate surface area is 139 Å². The molecule has 0 aromatic heterocycles. The van der Waals surface area contributed by atoms with Gasteiger partial charge in [0.05, 0.1) is 0 Å². The van der Waals surface area contributed by atoms with Gasteiger partial charge in [0.25, 0.3) is 0 Å². The summed E-state index contributed by atoms with van der Waals surface area (Å²) in [4.78, 5) is 10.6. The molecule has 5 N–H and O–H groups in total. The molecule has 0 bridgehead atoms. The molecule has 24 heavy (non-hydrogen) atoms. The van der Waals surface area contributed by atoms with Gasteiger partial charge in [0.1, 0.15) is 6.04 Å². The van der Waals surface area contributed by atoms with Crippen molar-refractivity contribution in [2.75, 3.05) is 11.5 Å². The first-order valence-electron chi connectivity index (χ1n) is 7.12. The summed E-state index contributed by atoms with van der Waals surface area (Å²) in [6.07, 6.45) is -2.75. The Morgan fingerprint density at radius 2 is 1.88 bits per heavy atom. The van der Waals surface area contributed by atoms with E-state index in [0.717, 1.165) is 12.2 Å². The molecule has 0 aromatic carbocycles. The number of aliphatic hydroxyl groups is 1. The van der Waals surface area contributed by atoms with Crippen LogP contribution in [0.3, 0.4) is 0 Å². The molecule has 0 aliphatic rings. The van der Waals surface area contributed by atoms with E-state index in [2.05, 4.69) is 0 Å². The molecule has 6 nitrogen and oxygen atoms in total. The molecular weight excluding hydrogens is 349 g/mol. The van der Waals surface area contributed by atoms with Gasteiger partial charge in [-0.3, -0.25) is 9.57 Å². The molecule has 0 fully saturated rings. The van der Waals surface area contributed by atoms with E-state index in [1.165, 1.54) is 19.9 Å². The third-order valence-corrected chi connectivity index (χ3v) is 5.23. The van der Waals surface area contributed by atoms with Crippen LogP contribution in [0.15, 0.2) is 23.8 Å². The number of carboxylic acid groups (broad SMARTS) is 1. The summed E-state index contributed by atoms with van der Waals surface area (Å²) in [5, 5.41) is 18.7. The van der Waals surface area contributed by atoms with Crippen LogP contribution in [0.25, 0.3) is 0 Å². The number of aliphatic carboxylic acids is 1. The van der Waals surface area contributed by atoms with Crippen molar-refractivity contribution in [2.24, 2.45) is 5.73 Å². The number of carbonyl (C=O) groups is 1. The molecule has 0 amide bonds. The summed E-state index contributed by atoms with van der Waals surface area (Å²) in [5.74, 6) is -2.53. The van der Waals surface area contributed by atoms with Crippen molar-refractivity contribution < 1.29 is 32.4 Å². The standard InChI is InChI=1S/C14H23F3N2O4S/c1-3-5-10(4-2)13(22,14(15,16)17)7-9-24(19,23)8-6-11(18)12(20)21/h3-5,11,19,22H,6-9,18H2,1-2H3,(H,20,21)/b5-3-,10-4+/t11-,13+,24+/m0/s1. The van der Waals surface area contributed by atoms with Crippen molar-refractivity contribution in [1.29, 1.82) is 4.78 Å². The number of hydrogen-bond acceptors (Lipinski definition) is 5. The fourth-order valence-corrected chi connectivity index (χ4v) is 3.42. The van der Waals surface area contributed by atoms with Crippen LogP contribution >= 0.6 is 0 Å². The second kappa shape index (κ2) is 8.63. The van der Waals surface area contributed by atoms with Crippen molar-refractivity contribution >= 4 is 15.7 Å². The second-order valence-corrected chi connectivity index (χ2v) is 7.75. The summed E-state index contributed by atoms with van der Waals surface area (Å²) in [6.45, 7) is 2.82. The maximum atomic E-state index is 13.3. The average Bonchev–Trinajstić information content (AvgIpc) is 2.46. The SMILES string of the molecule is C/C=C\C(=C/C)[C@](O)(CC[S@](=N)(=O)CC[C@H](N)C(=O)O)C(F)(F)F. The first kappa shape index (κ1) is 22.6. The summed E-state index contributed by atoms with van der Waals surface area (Å²) >= 11 is 0. The van der Waals surface area contributed by atoms with E-state index < -0.39 is 57.0 Å². The molecule has 0 aromatic rings. The summed E-state index contributed by atoms with van der Waals surface area (Å²) in [5.41, 5.74) is 1.59. The third-order valence-electron chi connectivity index (χ3n) is 3.47. The van der Waals surface area contributed by atoms with Crippen LogP contribution in [-0.2, 0) is 14.5 Å². The Bertz CT molecular complexity index is 600. The lowest BCUT2D eigenvalue weighted by atomic mass is 9.89. The van der Waals surface area contributed by atoms with Gasteiger partial charge in [-0.2, -0.15) is 13.2 Å². The molecule has 0 aliphatic carbocycles. The molecule has 0 rings (SSSR count). The molecule has 0 heterocycles. The predicted molar refractivity (Wildman–Crippen MR) is 85.0 cm³/mol. The topological polar surface area (TPSA) is 124 Å². The summed E-state index contributed by atoms with van der Waals surface area (Å²) in [7, 11) is -3.51. The molecule has 0 unspecified atom stereocenters. The van der Waals surface area contributed by atoms with E-state index in [4.69, 9.17) is 15.6 Å². The maximum Gasteiger partial charge on any atom is 0.421 e. The number of nitrogens with two attached hydrogens (primary N) is 1. The van der Waals surface area contributed by atoms with Gasteiger partial charge in [0.2, 0.25) is 0 Å². The first-order valence-corrected chi connectivity index (χ1v) is 9.01. The van der Waals surface area contributed by atoms with Crippen LogP contribution in [0.5, 0.6) is 0 Å². The van der Waals surface area contributed by atoms with Crippen LogP contribution in [0.2, 0.25) is 0 Å². The molecule has 10 heteroatoms. The van der Waals surface area contributed by atoms with Crippen molar-refractivity contribution in [1.82, 2.24) is 0 Å². The minimum Gasteiger partial charge on any atom is -0.480 e. The predicted octanol–water partition coefficient (Wildman–Crippen LogP) is 2.04. The van der Waals surface area contributed by atoms with E-state index >= 15 is 0 Å². The van der Waals surface area contributed by atoms with Crippen LogP contribution in [0, 0.1) is 4.78 Å². The zero-order chi connectivity index (χ0) is 19.2. The molecular formula is C14H23F3N2O4S. The Hall–Kier alpha value is -1.39. The Morgan fingerprint density at radius 3 is 2.25 bits per heavy atom. The number of alkyl halides is 3.